The molecule has 1 atom stereocenters. The van der Waals surface area contributed by atoms with Gasteiger partial charge in [-0.25, -0.2) is 9.97 Å². The van der Waals surface area contributed by atoms with E-state index >= 15 is 0 Å². The van der Waals surface area contributed by atoms with Gasteiger partial charge < -0.3 is 15.4 Å². The molecular weight excluding hydrogens is 390 g/mol. The molecule has 2 aliphatic rings. The Kier molecular flexibility index (Phi) is 6.83. The predicted octanol–water partition coefficient (Wildman–Crippen LogP) is 3.26. The number of primary amides is 1. The fourth-order valence-electron chi connectivity index (χ4n) is 4.68. The van der Waals surface area contributed by atoms with Gasteiger partial charge in [0.1, 0.15) is 6.10 Å². The molecule has 166 valence electrons. The molecule has 2 heterocycles. The molecule has 2 fully saturated rings. The highest BCUT2D eigenvalue weighted by atomic mass is 16.5. The molecule has 0 radical (unpaired) electrons. The maximum Gasteiger partial charge on any atom is 0.248 e. The van der Waals surface area contributed by atoms with Gasteiger partial charge in [0, 0.05) is 51.1 Å². The molecule has 7 heteroatoms. The first-order valence-electron chi connectivity index (χ1n) is 11.3. The fourth-order valence-corrected chi connectivity index (χ4v) is 4.68. The summed E-state index contributed by atoms with van der Waals surface area (Å²) < 4.78 is 6.22. The number of carbonyl (C=O) groups is 1. The van der Waals surface area contributed by atoms with Crippen LogP contribution in [0, 0.1) is 5.92 Å². The molecule has 7 nitrogen and oxygen atoms in total. The Labute approximate surface area is 184 Å². The Morgan fingerprint density at radius 3 is 2.81 bits per heavy atom. The van der Waals surface area contributed by atoms with Crippen LogP contribution in [0.3, 0.4) is 0 Å². The molecule has 1 aromatic carbocycles. The number of ether oxygens (including phenoxy) is 1. The Balaban J connectivity index is 1.63. The van der Waals surface area contributed by atoms with Crippen LogP contribution in [0.5, 0.6) is 0 Å². The molecule has 1 saturated carbocycles. The summed E-state index contributed by atoms with van der Waals surface area (Å²) in [5.41, 5.74) is 8.62. The third-order valence-corrected chi connectivity index (χ3v) is 6.36. The van der Waals surface area contributed by atoms with Crippen molar-refractivity contribution in [2.45, 2.75) is 38.2 Å². The van der Waals surface area contributed by atoms with Crippen LogP contribution in [0.2, 0.25) is 0 Å². The summed E-state index contributed by atoms with van der Waals surface area (Å²) in [7, 11) is 3.87. The molecule has 2 aromatic rings. The standard InChI is InChI=1S/C24H33N5O2/c1-28(2)24-26-14-20(18-9-6-10-19(13-18)23(25)30)22(27-24)21-16-29(11-12-31-21)15-17-7-4-3-5-8-17/h6,9-10,13-14,17,21H,3-5,7-8,11-12,15-16H2,1-2H3,(H2,25,30)/t21-/m0/s1. The van der Waals surface area contributed by atoms with Gasteiger partial charge in [-0.2, -0.15) is 0 Å². The summed E-state index contributed by atoms with van der Waals surface area (Å²) in [6.07, 6.45) is 8.47. The quantitative estimate of drug-likeness (QED) is 0.768. The van der Waals surface area contributed by atoms with E-state index in [-0.39, 0.29) is 6.10 Å². The first-order valence-corrected chi connectivity index (χ1v) is 11.3. The van der Waals surface area contributed by atoms with Crippen LogP contribution in [0.15, 0.2) is 30.5 Å². The average molecular weight is 424 g/mol. The number of aromatic nitrogens is 2. The van der Waals surface area contributed by atoms with Crippen LogP contribution < -0.4 is 10.6 Å². The van der Waals surface area contributed by atoms with Crippen LogP contribution in [0.4, 0.5) is 5.95 Å². The zero-order chi connectivity index (χ0) is 21.8. The van der Waals surface area contributed by atoms with E-state index < -0.39 is 5.91 Å². The highest BCUT2D eigenvalue weighted by Crippen LogP contribution is 2.33. The average Bonchev–Trinajstić information content (AvgIpc) is 2.79. The summed E-state index contributed by atoms with van der Waals surface area (Å²) >= 11 is 0. The molecule has 1 aromatic heterocycles. The van der Waals surface area contributed by atoms with E-state index in [0.717, 1.165) is 42.4 Å². The van der Waals surface area contributed by atoms with Gasteiger partial charge in [0.15, 0.2) is 0 Å². The van der Waals surface area contributed by atoms with Crippen molar-refractivity contribution < 1.29 is 9.53 Å². The molecule has 0 spiro atoms. The van der Waals surface area contributed by atoms with Crippen LogP contribution in [-0.2, 0) is 4.74 Å². The fraction of sp³-hybridized carbons (Fsp3) is 0.542. The largest absolute Gasteiger partial charge is 0.369 e. The number of nitrogens with zero attached hydrogens (tertiary/aromatic N) is 4. The van der Waals surface area contributed by atoms with Crippen molar-refractivity contribution in [1.29, 1.82) is 0 Å². The van der Waals surface area contributed by atoms with E-state index in [1.54, 1.807) is 6.07 Å². The Bertz CT molecular complexity index is 911. The van der Waals surface area contributed by atoms with Crippen LogP contribution in [0.1, 0.15) is 54.3 Å². The van der Waals surface area contributed by atoms with E-state index in [0.29, 0.717) is 18.1 Å². The predicted molar refractivity (Wildman–Crippen MR) is 122 cm³/mol. The van der Waals surface area contributed by atoms with Crippen LogP contribution >= 0.6 is 0 Å². The highest BCUT2D eigenvalue weighted by Gasteiger charge is 2.28. The van der Waals surface area contributed by atoms with Gasteiger partial charge in [-0.05, 0) is 36.5 Å². The second kappa shape index (κ2) is 9.75. The number of amides is 1. The number of nitrogens with two attached hydrogens (primary N) is 1. The number of hydrogen-bond acceptors (Lipinski definition) is 6. The maximum atomic E-state index is 11.7. The minimum absolute atomic E-state index is 0.133. The summed E-state index contributed by atoms with van der Waals surface area (Å²) in [4.78, 5) is 25.5. The molecule has 2 N–H and O–H groups in total. The Morgan fingerprint density at radius 1 is 1.26 bits per heavy atom. The highest BCUT2D eigenvalue weighted by molar-refractivity contribution is 5.94. The first kappa shape index (κ1) is 21.7. The van der Waals surface area contributed by atoms with Crippen LogP contribution in [0.25, 0.3) is 11.1 Å². The maximum absolute atomic E-state index is 11.7. The van der Waals surface area contributed by atoms with E-state index in [4.69, 9.17) is 15.5 Å². The molecule has 1 saturated heterocycles. The number of anilines is 1. The minimum Gasteiger partial charge on any atom is -0.369 e. The molecule has 1 aliphatic heterocycles. The minimum atomic E-state index is -0.443. The van der Waals surface area contributed by atoms with Gasteiger partial charge in [0.2, 0.25) is 11.9 Å². The smallest absolute Gasteiger partial charge is 0.248 e. The molecule has 1 aliphatic carbocycles. The SMILES string of the molecule is CN(C)c1ncc(-c2cccc(C(N)=O)c2)c([C@@H]2CN(CC3CCCCC3)CCO2)n1. The molecule has 4 rings (SSSR count). The zero-order valence-corrected chi connectivity index (χ0v) is 18.6. The van der Waals surface area contributed by atoms with Gasteiger partial charge >= 0.3 is 0 Å². The summed E-state index contributed by atoms with van der Waals surface area (Å²) in [5, 5.41) is 0. The van der Waals surface area contributed by atoms with E-state index in [9.17, 15) is 4.79 Å². The zero-order valence-electron chi connectivity index (χ0n) is 18.6. The second-order valence-electron chi connectivity index (χ2n) is 8.93. The van der Waals surface area contributed by atoms with Gasteiger partial charge in [-0.15, -0.1) is 0 Å². The Hall–Kier alpha value is -2.51. The van der Waals surface area contributed by atoms with Crippen molar-refractivity contribution in [2.24, 2.45) is 11.7 Å². The molecule has 31 heavy (non-hydrogen) atoms. The summed E-state index contributed by atoms with van der Waals surface area (Å²) in [5.74, 6) is 1.00. The number of hydrogen-bond donors (Lipinski definition) is 1. The van der Waals surface area contributed by atoms with Gasteiger partial charge in [-0.1, -0.05) is 31.4 Å². The lowest BCUT2D eigenvalue weighted by Crippen LogP contribution is -2.41. The third kappa shape index (κ3) is 5.22. The van der Waals surface area contributed by atoms with E-state index in [1.165, 1.54) is 32.1 Å². The van der Waals surface area contributed by atoms with Crippen molar-refractivity contribution in [3.8, 4) is 11.1 Å². The summed E-state index contributed by atoms with van der Waals surface area (Å²) in [6, 6.07) is 7.34. The first-order chi connectivity index (χ1) is 15.0. The molecular formula is C24H33N5O2. The van der Waals surface area contributed by atoms with Crippen LogP contribution in [-0.4, -0.2) is 61.1 Å². The van der Waals surface area contributed by atoms with Crippen molar-refractivity contribution in [3.63, 3.8) is 0 Å². The normalized spacial score (nSPS) is 20.5. The van der Waals surface area contributed by atoms with Crippen molar-refractivity contribution in [2.75, 3.05) is 45.2 Å². The molecule has 1 amide bonds. The van der Waals surface area contributed by atoms with E-state index in [1.807, 2.05) is 43.4 Å². The van der Waals surface area contributed by atoms with Crippen molar-refractivity contribution in [3.05, 3.63) is 41.7 Å². The van der Waals surface area contributed by atoms with Crippen molar-refractivity contribution in [1.82, 2.24) is 14.9 Å². The lowest BCUT2D eigenvalue weighted by Gasteiger charge is -2.36. The third-order valence-electron chi connectivity index (χ3n) is 6.36. The molecule has 0 bridgehead atoms. The van der Waals surface area contributed by atoms with Gasteiger partial charge in [-0.3, -0.25) is 9.69 Å². The lowest BCUT2D eigenvalue weighted by atomic mass is 9.88. The number of morpholine rings is 1. The second-order valence-corrected chi connectivity index (χ2v) is 8.93. The molecule has 0 unspecified atom stereocenters. The number of rotatable bonds is 6. The van der Waals surface area contributed by atoms with Crippen molar-refractivity contribution >= 4 is 11.9 Å². The lowest BCUT2D eigenvalue weighted by molar-refractivity contribution is -0.0376. The van der Waals surface area contributed by atoms with Gasteiger partial charge in [0.25, 0.3) is 0 Å². The monoisotopic (exact) mass is 423 g/mol. The number of carbonyl (C=O) groups excluding carboxylic acids is 1. The topological polar surface area (TPSA) is 84.6 Å². The summed E-state index contributed by atoms with van der Waals surface area (Å²) in [6.45, 7) is 3.62. The Morgan fingerprint density at radius 2 is 2.06 bits per heavy atom. The van der Waals surface area contributed by atoms with Gasteiger partial charge in [0.05, 0.1) is 12.3 Å². The van der Waals surface area contributed by atoms with E-state index in [2.05, 4.69) is 9.88 Å². The number of benzene rings is 1.